The summed E-state index contributed by atoms with van der Waals surface area (Å²) >= 11 is 0. The smallest absolute Gasteiger partial charge is 0.243 e. The van der Waals surface area contributed by atoms with E-state index in [1.807, 2.05) is 0 Å². The lowest BCUT2D eigenvalue weighted by Crippen LogP contribution is -2.54. The molecule has 0 radical (unpaired) electrons. The van der Waals surface area contributed by atoms with Crippen molar-refractivity contribution >= 4 is 28.3 Å². The lowest BCUT2D eigenvalue weighted by Gasteiger charge is -2.30. The Kier molecular flexibility index (Phi) is 6.48. The van der Waals surface area contributed by atoms with Crippen LogP contribution >= 0.6 is 12.4 Å². The third-order valence-corrected chi connectivity index (χ3v) is 6.96. The highest BCUT2D eigenvalue weighted by Gasteiger charge is 2.40. The minimum atomic E-state index is -3.50. The zero-order valence-electron chi connectivity index (χ0n) is 14.3. The maximum atomic E-state index is 12.7. The fourth-order valence-electron chi connectivity index (χ4n) is 3.61. The van der Waals surface area contributed by atoms with Crippen LogP contribution < -0.4 is 5.73 Å². The van der Waals surface area contributed by atoms with Gasteiger partial charge in [-0.1, -0.05) is 31.0 Å². The molecule has 2 N–H and O–H groups in total. The minimum absolute atomic E-state index is 0. The molecule has 0 atom stereocenters. The van der Waals surface area contributed by atoms with Gasteiger partial charge in [-0.05, 0) is 31.4 Å². The molecule has 25 heavy (non-hydrogen) atoms. The van der Waals surface area contributed by atoms with Crippen LogP contribution in [0.15, 0.2) is 35.2 Å². The molecule has 0 aromatic heterocycles. The van der Waals surface area contributed by atoms with Crippen molar-refractivity contribution < 1.29 is 13.2 Å². The number of nitrogens with zero attached hydrogens (tertiary/aromatic N) is 2. The first-order valence-corrected chi connectivity index (χ1v) is 10.0. The molecule has 6 nitrogen and oxygen atoms in total. The van der Waals surface area contributed by atoms with Gasteiger partial charge in [0.2, 0.25) is 15.9 Å². The van der Waals surface area contributed by atoms with Gasteiger partial charge in [0.15, 0.2) is 0 Å². The van der Waals surface area contributed by atoms with Gasteiger partial charge >= 0.3 is 0 Å². The van der Waals surface area contributed by atoms with Gasteiger partial charge in [0, 0.05) is 26.2 Å². The number of halogens is 1. The van der Waals surface area contributed by atoms with Crippen LogP contribution in [0.5, 0.6) is 0 Å². The number of nitrogens with two attached hydrogens (primary N) is 1. The van der Waals surface area contributed by atoms with Gasteiger partial charge in [-0.3, -0.25) is 4.79 Å². The second-order valence-corrected chi connectivity index (χ2v) is 8.66. The van der Waals surface area contributed by atoms with Crippen LogP contribution in [0.2, 0.25) is 0 Å². The Morgan fingerprint density at radius 2 is 1.60 bits per heavy atom. The fraction of sp³-hybridized carbons (Fsp3) is 0.588. The van der Waals surface area contributed by atoms with E-state index in [2.05, 4.69) is 0 Å². The molecule has 1 amide bonds. The summed E-state index contributed by atoms with van der Waals surface area (Å²) in [5, 5.41) is 0. The molecule has 1 aromatic carbocycles. The van der Waals surface area contributed by atoms with Crippen molar-refractivity contribution in [2.45, 2.75) is 42.5 Å². The van der Waals surface area contributed by atoms with Crippen molar-refractivity contribution in [2.24, 2.45) is 5.73 Å². The van der Waals surface area contributed by atoms with Gasteiger partial charge in [-0.15, -0.1) is 12.4 Å². The van der Waals surface area contributed by atoms with Gasteiger partial charge in [-0.25, -0.2) is 8.42 Å². The van der Waals surface area contributed by atoms with Gasteiger partial charge in [0.1, 0.15) is 0 Å². The Morgan fingerprint density at radius 3 is 2.24 bits per heavy atom. The summed E-state index contributed by atoms with van der Waals surface area (Å²) in [4.78, 5) is 14.8. The number of hydrogen-bond acceptors (Lipinski definition) is 4. The van der Waals surface area contributed by atoms with E-state index in [-0.39, 0.29) is 18.3 Å². The van der Waals surface area contributed by atoms with E-state index in [9.17, 15) is 13.2 Å². The zero-order valence-corrected chi connectivity index (χ0v) is 15.9. The molecule has 8 heteroatoms. The number of carbonyl (C=O) groups is 1. The maximum absolute atomic E-state index is 12.7. The molecule has 2 fully saturated rings. The Bertz CT molecular complexity index is 690. The van der Waals surface area contributed by atoms with Gasteiger partial charge < -0.3 is 10.6 Å². The molecule has 1 aromatic rings. The standard InChI is InChI=1S/C17H25N3O3S.ClH/c18-17(9-4-5-10-17)16(21)19-11-6-12-20(14-13-19)24(22,23)15-7-2-1-3-8-15;/h1-3,7-8H,4-6,9-14,18H2;1H. The second kappa shape index (κ2) is 8.03. The highest BCUT2D eigenvalue weighted by Crippen LogP contribution is 2.29. The average molecular weight is 388 g/mol. The lowest BCUT2D eigenvalue weighted by atomic mass is 9.97. The van der Waals surface area contributed by atoms with Crippen LogP contribution in [-0.4, -0.2) is 55.2 Å². The van der Waals surface area contributed by atoms with E-state index in [4.69, 9.17) is 5.73 Å². The zero-order chi connectivity index (χ0) is 17.2. The minimum Gasteiger partial charge on any atom is -0.340 e. The number of benzene rings is 1. The van der Waals surface area contributed by atoms with Crippen LogP contribution in [0.1, 0.15) is 32.1 Å². The van der Waals surface area contributed by atoms with E-state index < -0.39 is 15.6 Å². The van der Waals surface area contributed by atoms with Crippen molar-refractivity contribution in [3.8, 4) is 0 Å². The van der Waals surface area contributed by atoms with Crippen LogP contribution in [0.4, 0.5) is 0 Å². The predicted molar refractivity (Wildman–Crippen MR) is 99.0 cm³/mol. The monoisotopic (exact) mass is 387 g/mol. The summed E-state index contributed by atoms with van der Waals surface area (Å²) in [6, 6.07) is 8.45. The topological polar surface area (TPSA) is 83.7 Å². The molecule has 1 aliphatic carbocycles. The van der Waals surface area contributed by atoms with Gasteiger partial charge in [0.05, 0.1) is 10.4 Å². The highest BCUT2D eigenvalue weighted by molar-refractivity contribution is 7.89. The van der Waals surface area contributed by atoms with E-state index in [0.29, 0.717) is 37.5 Å². The quantitative estimate of drug-likeness (QED) is 0.853. The van der Waals surface area contributed by atoms with Crippen molar-refractivity contribution in [1.29, 1.82) is 0 Å². The van der Waals surface area contributed by atoms with Gasteiger partial charge in [0.25, 0.3) is 0 Å². The summed E-state index contributed by atoms with van der Waals surface area (Å²) in [6.07, 6.45) is 4.08. The van der Waals surface area contributed by atoms with Crippen LogP contribution in [-0.2, 0) is 14.8 Å². The van der Waals surface area contributed by atoms with Crippen molar-refractivity contribution in [3.05, 3.63) is 30.3 Å². The largest absolute Gasteiger partial charge is 0.340 e. The molecule has 140 valence electrons. The number of hydrogen-bond donors (Lipinski definition) is 1. The molecule has 1 heterocycles. The number of carbonyl (C=O) groups excluding carboxylic acids is 1. The number of amides is 1. The molecule has 0 spiro atoms. The van der Waals surface area contributed by atoms with Crippen molar-refractivity contribution in [3.63, 3.8) is 0 Å². The molecule has 1 saturated carbocycles. The molecule has 1 saturated heterocycles. The highest BCUT2D eigenvalue weighted by atomic mass is 35.5. The van der Waals surface area contributed by atoms with E-state index in [1.54, 1.807) is 35.2 Å². The fourth-order valence-corrected chi connectivity index (χ4v) is 5.10. The SMILES string of the molecule is Cl.NC1(C(=O)N2CCCN(S(=O)(=O)c3ccccc3)CC2)CCCC1. The average Bonchev–Trinajstić information content (AvgIpc) is 2.89. The molecule has 0 unspecified atom stereocenters. The Morgan fingerprint density at radius 1 is 0.960 bits per heavy atom. The summed E-state index contributed by atoms with van der Waals surface area (Å²) in [6.45, 7) is 1.72. The molecule has 3 rings (SSSR count). The van der Waals surface area contributed by atoms with E-state index >= 15 is 0 Å². The van der Waals surface area contributed by atoms with E-state index in [1.165, 1.54) is 4.31 Å². The Balaban J connectivity index is 0.00000225. The van der Waals surface area contributed by atoms with Gasteiger partial charge in [-0.2, -0.15) is 4.31 Å². The summed E-state index contributed by atoms with van der Waals surface area (Å²) in [7, 11) is -3.50. The summed E-state index contributed by atoms with van der Waals surface area (Å²) < 4.78 is 26.9. The third kappa shape index (κ3) is 4.16. The second-order valence-electron chi connectivity index (χ2n) is 6.73. The molecular formula is C17H26ClN3O3S. The van der Waals surface area contributed by atoms with Crippen LogP contribution in [0, 0.1) is 0 Å². The molecule has 0 bridgehead atoms. The molecule has 1 aliphatic heterocycles. The maximum Gasteiger partial charge on any atom is 0.243 e. The normalized spacial score (nSPS) is 21.4. The first-order valence-electron chi connectivity index (χ1n) is 8.57. The Labute approximate surface area is 155 Å². The summed E-state index contributed by atoms with van der Waals surface area (Å²) in [5.41, 5.74) is 5.53. The first-order chi connectivity index (χ1) is 11.4. The third-order valence-electron chi connectivity index (χ3n) is 5.04. The van der Waals surface area contributed by atoms with Crippen molar-refractivity contribution in [1.82, 2.24) is 9.21 Å². The lowest BCUT2D eigenvalue weighted by molar-refractivity contribution is -0.136. The van der Waals surface area contributed by atoms with Crippen LogP contribution in [0.3, 0.4) is 0 Å². The predicted octanol–water partition coefficient (Wildman–Crippen LogP) is 1.60. The number of sulfonamides is 1. The van der Waals surface area contributed by atoms with Crippen LogP contribution in [0.25, 0.3) is 0 Å². The summed E-state index contributed by atoms with van der Waals surface area (Å²) in [5.74, 6) is -0.0149. The Hall–Kier alpha value is -1.15. The van der Waals surface area contributed by atoms with E-state index in [0.717, 1.165) is 25.7 Å². The molecule has 2 aliphatic rings. The van der Waals surface area contributed by atoms with Crippen molar-refractivity contribution in [2.75, 3.05) is 26.2 Å². The number of rotatable bonds is 3. The first kappa shape index (κ1) is 20.2. The molecular weight excluding hydrogens is 362 g/mol.